The number of pyridine rings is 1. The second-order valence-electron chi connectivity index (χ2n) is 10.6. The molecule has 1 aliphatic rings. The first-order chi connectivity index (χ1) is 22.9. The zero-order chi connectivity index (χ0) is 32.5. The third-order valence-electron chi connectivity index (χ3n) is 7.70. The highest BCUT2D eigenvalue weighted by Gasteiger charge is 2.33. The van der Waals surface area contributed by atoms with Crippen molar-refractivity contribution in [3.8, 4) is 11.5 Å². The molecule has 0 fully saturated rings. The first kappa shape index (κ1) is 30.3. The Morgan fingerprint density at radius 2 is 1.79 bits per heavy atom. The summed E-state index contributed by atoms with van der Waals surface area (Å²) in [6.07, 6.45) is 3.48. The van der Waals surface area contributed by atoms with Crippen LogP contribution in [0.15, 0.2) is 133 Å². The van der Waals surface area contributed by atoms with Crippen molar-refractivity contribution >= 4 is 51.7 Å². The Labute approximate surface area is 277 Å². The number of para-hydroxylation sites is 2. The molecular formula is C36H28N4O5S2. The lowest BCUT2D eigenvalue weighted by molar-refractivity contribution is -0.113. The number of hydrogen-bond acceptors (Lipinski definition) is 9. The average molecular weight is 661 g/mol. The minimum atomic E-state index is -0.779. The van der Waals surface area contributed by atoms with Crippen molar-refractivity contribution in [2.75, 3.05) is 19.5 Å². The average Bonchev–Trinajstić information content (AvgIpc) is 3.66. The maximum atomic E-state index is 14.2. The number of nitrogens with one attached hydrogen (secondary N) is 1. The summed E-state index contributed by atoms with van der Waals surface area (Å²) in [7, 11) is 3.10. The monoisotopic (exact) mass is 660 g/mol. The first-order valence-electron chi connectivity index (χ1n) is 14.7. The molecule has 0 bridgehead atoms. The van der Waals surface area contributed by atoms with Crippen LogP contribution in [0, 0.1) is 0 Å². The van der Waals surface area contributed by atoms with Crippen molar-refractivity contribution in [3.63, 3.8) is 0 Å². The molecule has 6 aromatic rings. The van der Waals surface area contributed by atoms with Gasteiger partial charge in [-0.15, -0.1) is 0 Å². The number of hydrogen-bond donors (Lipinski definition) is 1. The van der Waals surface area contributed by atoms with Crippen LogP contribution in [0.5, 0.6) is 11.5 Å². The molecular weight excluding hydrogens is 633 g/mol. The van der Waals surface area contributed by atoms with Crippen LogP contribution in [0.1, 0.15) is 24.3 Å². The van der Waals surface area contributed by atoms with Crippen LogP contribution in [0.3, 0.4) is 0 Å². The summed E-state index contributed by atoms with van der Waals surface area (Å²) in [5, 5.41) is 4.68. The maximum Gasteiger partial charge on any atom is 0.271 e. The van der Waals surface area contributed by atoms with E-state index < -0.39 is 6.04 Å². The van der Waals surface area contributed by atoms with Crippen molar-refractivity contribution < 1.29 is 18.7 Å². The number of nitrogens with zero attached hydrogens (tertiary/aromatic N) is 3. The van der Waals surface area contributed by atoms with Crippen molar-refractivity contribution in [1.82, 2.24) is 9.55 Å². The molecule has 47 heavy (non-hydrogen) atoms. The lowest BCUT2D eigenvalue weighted by Gasteiger charge is -2.26. The second-order valence-corrected chi connectivity index (χ2v) is 12.7. The highest BCUT2D eigenvalue weighted by molar-refractivity contribution is 7.99. The molecule has 234 valence electrons. The fourth-order valence-electron chi connectivity index (χ4n) is 5.53. The Kier molecular flexibility index (Phi) is 8.23. The number of methoxy groups -OCH3 is 2. The van der Waals surface area contributed by atoms with Crippen LogP contribution in [-0.2, 0) is 4.79 Å². The molecule has 0 saturated carbocycles. The molecule has 1 amide bonds. The number of benzene rings is 3. The standard InChI is InChI=1S/C36H28N4O5S2/c1-21-31(34(41)39-24-11-5-4-6-12-24)33(23-14-16-26(43-2)27(19-23)44-3)40-35(42)29(47-36(40)38-21)20-25-15-17-30(45-25)46-28-13-7-9-22-10-8-18-37-32(22)28/h4-20,33H,1-3H3,(H,39,41)/b29-20-/t33-/m0/s1. The summed E-state index contributed by atoms with van der Waals surface area (Å²) in [5.74, 6) is 1.17. The van der Waals surface area contributed by atoms with E-state index in [2.05, 4.69) is 10.3 Å². The molecule has 7 rings (SSSR count). The summed E-state index contributed by atoms with van der Waals surface area (Å²) in [4.78, 5) is 38.7. The number of aromatic nitrogens is 2. The number of amides is 1. The van der Waals surface area contributed by atoms with Gasteiger partial charge in [-0.25, -0.2) is 4.99 Å². The van der Waals surface area contributed by atoms with E-state index in [1.165, 1.54) is 23.1 Å². The third kappa shape index (κ3) is 5.86. The van der Waals surface area contributed by atoms with E-state index in [9.17, 15) is 9.59 Å². The molecule has 0 unspecified atom stereocenters. The van der Waals surface area contributed by atoms with Gasteiger partial charge in [0.15, 0.2) is 21.4 Å². The molecule has 0 spiro atoms. The number of anilines is 1. The number of furan rings is 1. The van der Waals surface area contributed by atoms with Gasteiger partial charge in [0.2, 0.25) is 0 Å². The summed E-state index contributed by atoms with van der Waals surface area (Å²) < 4.78 is 19.2. The SMILES string of the molecule is COc1ccc([C@H]2C(C(=O)Nc3ccccc3)=C(C)N=c3s/c(=C\c4ccc(Sc5cccc6cccnc56)o4)c(=O)n32)cc1OC. The van der Waals surface area contributed by atoms with Crippen LogP contribution in [0.2, 0.25) is 0 Å². The Morgan fingerprint density at radius 3 is 2.60 bits per heavy atom. The fraction of sp³-hybridized carbons (Fsp3) is 0.111. The Morgan fingerprint density at radius 1 is 0.979 bits per heavy atom. The number of allylic oxidation sites excluding steroid dienone is 1. The molecule has 1 N–H and O–H groups in total. The summed E-state index contributed by atoms with van der Waals surface area (Å²) in [5.41, 5.74) is 2.75. The Bertz CT molecular complexity index is 2350. The fourth-order valence-corrected chi connectivity index (χ4v) is 7.46. The zero-order valence-corrected chi connectivity index (χ0v) is 27.2. The minimum absolute atomic E-state index is 0.296. The van der Waals surface area contributed by atoms with E-state index in [-0.39, 0.29) is 11.5 Å². The van der Waals surface area contributed by atoms with Gasteiger partial charge in [-0.05, 0) is 72.8 Å². The Hall–Kier alpha value is -5.39. The quantitative estimate of drug-likeness (QED) is 0.208. The van der Waals surface area contributed by atoms with Crippen LogP contribution < -0.4 is 29.7 Å². The smallest absolute Gasteiger partial charge is 0.271 e. The molecule has 1 aliphatic heterocycles. The zero-order valence-electron chi connectivity index (χ0n) is 25.6. The van der Waals surface area contributed by atoms with Gasteiger partial charge in [0.05, 0.1) is 41.6 Å². The van der Waals surface area contributed by atoms with Crippen LogP contribution in [0.4, 0.5) is 5.69 Å². The lowest BCUT2D eigenvalue weighted by Crippen LogP contribution is -2.40. The molecule has 11 heteroatoms. The number of fused-ring (bicyclic) bond motifs is 2. The van der Waals surface area contributed by atoms with Gasteiger partial charge in [-0.3, -0.25) is 19.1 Å². The molecule has 3 aromatic heterocycles. The number of rotatable bonds is 8. The lowest BCUT2D eigenvalue weighted by atomic mass is 9.94. The van der Waals surface area contributed by atoms with Gasteiger partial charge in [-0.1, -0.05) is 53.8 Å². The van der Waals surface area contributed by atoms with E-state index in [0.717, 1.165) is 15.8 Å². The molecule has 1 atom stereocenters. The Balaban J connectivity index is 1.29. The van der Waals surface area contributed by atoms with Gasteiger partial charge in [0.25, 0.3) is 11.5 Å². The van der Waals surface area contributed by atoms with Gasteiger partial charge < -0.3 is 19.2 Å². The minimum Gasteiger partial charge on any atom is -0.493 e. The molecule has 9 nitrogen and oxygen atoms in total. The third-order valence-corrected chi connectivity index (χ3v) is 9.66. The predicted molar refractivity (Wildman–Crippen MR) is 183 cm³/mol. The largest absolute Gasteiger partial charge is 0.493 e. The van der Waals surface area contributed by atoms with Crippen molar-refractivity contribution in [2.24, 2.45) is 4.99 Å². The molecule has 4 heterocycles. The van der Waals surface area contributed by atoms with Crippen molar-refractivity contribution in [1.29, 1.82) is 0 Å². The van der Waals surface area contributed by atoms with E-state index in [1.54, 1.807) is 62.2 Å². The number of ether oxygens (including phenoxy) is 2. The van der Waals surface area contributed by atoms with E-state index in [4.69, 9.17) is 18.9 Å². The number of carbonyl (C=O) groups is 1. The van der Waals surface area contributed by atoms with Crippen LogP contribution >= 0.6 is 23.1 Å². The molecule has 0 radical (unpaired) electrons. The van der Waals surface area contributed by atoms with Crippen molar-refractivity contribution in [2.45, 2.75) is 23.0 Å². The van der Waals surface area contributed by atoms with Gasteiger partial charge in [0.1, 0.15) is 5.76 Å². The van der Waals surface area contributed by atoms with E-state index in [0.29, 0.717) is 54.2 Å². The predicted octanol–water partition coefficient (Wildman–Crippen LogP) is 6.18. The summed E-state index contributed by atoms with van der Waals surface area (Å²) >= 11 is 2.71. The highest BCUT2D eigenvalue weighted by atomic mass is 32.2. The van der Waals surface area contributed by atoms with E-state index >= 15 is 0 Å². The van der Waals surface area contributed by atoms with Gasteiger partial charge in [0, 0.05) is 28.2 Å². The summed E-state index contributed by atoms with van der Waals surface area (Å²) in [6, 6.07) is 27.4. The van der Waals surface area contributed by atoms with Crippen molar-refractivity contribution in [3.05, 3.63) is 139 Å². The van der Waals surface area contributed by atoms with Crippen LogP contribution in [0.25, 0.3) is 17.0 Å². The first-order valence-corrected chi connectivity index (χ1v) is 16.3. The molecule has 3 aromatic carbocycles. The topological polar surface area (TPSA) is 108 Å². The van der Waals surface area contributed by atoms with E-state index in [1.807, 2.05) is 66.7 Å². The number of carbonyl (C=O) groups excluding carboxylic acids is 1. The van der Waals surface area contributed by atoms with Gasteiger partial charge >= 0.3 is 0 Å². The van der Waals surface area contributed by atoms with Crippen LogP contribution in [-0.4, -0.2) is 29.7 Å². The van der Waals surface area contributed by atoms with Gasteiger partial charge in [-0.2, -0.15) is 0 Å². The normalized spacial score (nSPS) is 14.5. The highest BCUT2D eigenvalue weighted by Crippen LogP contribution is 2.36. The maximum absolute atomic E-state index is 14.2. The molecule has 0 aliphatic carbocycles. The number of thiazole rings is 1. The second kappa shape index (κ2) is 12.8. The molecule has 0 saturated heterocycles. The summed E-state index contributed by atoms with van der Waals surface area (Å²) in [6.45, 7) is 1.78.